The number of nitrogens with one attached hydrogen (secondary N) is 1. The lowest BCUT2D eigenvalue weighted by molar-refractivity contribution is -0.0266. The average Bonchev–Trinajstić information content (AvgIpc) is 2.46. The maximum atomic E-state index is 9.02. The molecule has 0 rings (SSSR count). The van der Waals surface area contributed by atoms with Crippen molar-refractivity contribution in [1.82, 2.24) is 5.32 Å². The minimum Gasteiger partial charge on any atom is -0.394 e. The number of aliphatic hydroxyl groups is 2. The minimum absolute atomic E-state index is 0.122. The normalized spacial score (nSPS) is 13.5. The molecule has 3 N–H and O–H groups in total. The molecule has 0 aromatic carbocycles. The summed E-state index contributed by atoms with van der Waals surface area (Å²) in [5.41, 5.74) is 0.122. The summed E-state index contributed by atoms with van der Waals surface area (Å²) in [4.78, 5) is 0. The third-order valence-electron chi connectivity index (χ3n) is 2.54. The van der Waals surface area contributed by atoms with E-state index in [-0.39, 0.29) is 18.8 Å². The molecule has 0 heterocycles. The van der Waals surface area contributed by atoms with E-state index in [0.29, 0.717) is 46.2 Å². The Balaban J connectivity index is 3.06. The molecule has 134 valence electrons. The van der Waals surface area contributed by atoms with Gasteiger partial charge in [0.05, 0.1) is 59.5 Å². The fraction of sp³-hybridized carbons (Fsp3) is 1.00. The monoisotopic (exact) mass is 323 g/mol. The first-order chi connectivity index (χ1) is 10.5. The van der Waals surface area contributed by atoms with Gasteiger partial charge in [0.25, 0.3) is 0 Å². The zero-order valence-electron chi connectivity index (χ0n) is 14.2. The molecule has 7 nitrogen and oxygen atoms in total. The van der Waals surface area contributed by atoms with Crippen molar-refractivity contribution in [3.63, 3.8) is 0 Å². The van der Waals surface area contributed by atoms with Crippen LogP contribution in [-0.2, 0) is 18.9 Å². The molecule has 0 radical (unpaired) electrons. The second kappa shape index (κ2) is 14.3. The van der Waals surface area contributed by atoms with Crippen molar-refractivity contribution in [2.75, 3.05) is 66.0 Å². The Labute approximate surface area is 133 Å². The molecule has 7 heteroatoms. The summed E-state index contributed by atoms with van der Waals surface area (Å²) >= 11 is 0. The van der Waals surface area contributed by atoms with E-state index in [1.165, 1.54) is 0 Å². The molecule has 0 aliphatic heterocycles. The molecule has 1 atom stereocenters. The summed E-state index contributed by atoms with van der Waals surface area (Å²) in [6, 6.07) is 0. The van der Waals surface area contributed by atoms with Crippen molar-refractivity contribution in [2.24, 2.45) is 0 Å². The van der Waals surface area contributed by atoms with Gasteiger partial charge in [0.2, 0.25) is 0 Å². The Hall–Kier alpha value is -0.280. The SMILES string of the molecule is CC(C)(C)NCCOCCOCCOCCOCC(O)CO. The fourth-order valence-corrected chi connectivity index (χ4v) is 1.43. The van der Waals surface area contributed by atoms with Crippen molar-refractivity contribution >= 4 is 0 Å². The molecule has 0 saturated carbocycles. The van der Waals surface area contributed by atoms with Gasteiger partial charge in [-0.15, -0.1) is 0 Å². The topological polar surface area (TPSA) is 89.4 Å². The predicted molar refractivity (Wildman–Crippen MR) is 84.1 cm³/mol. The Morgan fingerprint density at radius 2 is 1.27 bits per heavy atom. The van der Waals surface area contributed by atoms with Gasteiger partial charge in [0.15, 0.2) is 0 Å². The Morgan fingerprint density at radius 1 is 0.818 bits per heavy atom. The van der Waals surface area contributed by atoms with Crippen LogP contribution in [0.5, 0.6) is 0 Å². The fourth-order valence-electron chi connectivity index (χ4n) is 1.43. The Bertz CT molecular complexity index is 235. The van der Waals surface area contributed by atoms with Crippen LogP contribution in [-0.4, -0.2) is 87.9 Å². The average molecular weight is 323 g/mol. The quantitative estimate of drug-likeness (QED) is 0.359. The smallest absolute Gasteiger partial charge is 0.100 e. The molecular weight excluding hydrogens is 290 g/mol. The molecule has 0 amide bonds. The number of ether oxygens (including phenoxy) is 4. The van der Waals surface area contributed by atoms with Gasteiger partial charge in [-0.3, -0.25) is 0 Å². The van der Waals surface area contributed by atoms with E-state index in [1.54, 1.807) is 0 Å². The molecule has 0 bridgehead atoms. The largest absolute Gasteiger partial charge is 0.394 e. The third-order valence-corrected chi connectivity index (χ3v) is 2.54. The molecule has 0 saturated heterocycles. The first-order valence-electron chi connectivity index (χ1n) is 7.80. The van der Waals surface area contributed by atoms with Gasteiger partial charge in [-0.1, -0.05) is 0 Å². The van der Waals surface area contributed by atoms with E-state index >= 15 is 0 Å². The lowest BCUT2D eigenvalue weighted by Crippen LogP contribution is -2.38. The van der Waals surface area contributed by atoms with E-state index in [1.807, 2.05) is 0 Å². The summed E-state index contributed by atoms with van der Waals surface area (Å²) < 4.78 is 21.2. The van der Waals surface area contributed by atoms with Crippen LogP contribution in [0.25, 0.3) is 0 Å². The molecule has 0 aromatic rings. The predicted octanol–water partition coefficient (Wildman–Crippen LogP) is -0.206. The van der Waals surface area contributed by atoms with Gasteiger partial charge in [-0.25, -0.2) is 0 Å². The highest BCUT2D eigenvalue weighted by atomic mass is 16.6. The molecule has 0 spiro atoms. The van der Waals surface area contributed by atoms with E-state index in [0.717, 1.165) is 6.54 Å². The van der Waals surface area contributed by atoms with Crippen LogP contribution in [0, 0.1) is 0 Å². The maximum absolute atomic E-state index is 9.02. The van der Waals surface area contributed by atoms with Crippen LogP contribution >= 0.6 is 0 Å². The first kappa shape index (κ1) is 21.7. The lowest BCUT2D eigenvalue weighted by Gasteiger charge is -2.20. The number of hydrogen-bond acceptors (Lipinski definition) is 7. The molecular formula is C15H33NO6. The molecule has 0 aliphatic rings. The lowest BCUT2D eigenvalue weighted by atomic mass is 10.1. The summed E-state index contributed by atoms with van der Waals surface area (Å²) in [7, 11) is 0. The van der Waals surface area contributed by atoms with Gasteiger partial charge in [0, 0.05) is 12.1 Å². The standard InChI is InChI=1S/C15H33NO6/c1-15(2,3)16-4-5-19-6-7-20-8-9-21-10-11-22-13-14(18)12-17/h14,16-18H,4-13H2,1-3H3. The second-order valence-electron chi connectivity index (χ2n) is 5.93. The maximum Gasteiger partial charge on any atom is 0.100 e. The number of aliphatic hydroxyl groups excluding tert-OH is 2. The molecule has 0 aromatic heterocycles. The minimum atomic E-state index is -0.818. The Morgan fingerprint density at radius 3 is 1.73 bits per heavy atom. The van der Waals surface area contributed by atoms with E-state index < -0.39 is 6.10 Å². The number of rotatable bonds is 15. The van der Waals surface area contributed by atoms with E-state index in [2.05, 4.69) is 26.1 Å². The van der Waals surface area contributed by atoms with E-state index in [4.69, 9.17) is 29.2 Å². The molecule has 22 heavy (non-hydrogen) atoms. The van der Waals surface area contributed by atoms with Crippen molar-refractivity contribution < 1.29 is 29.2 Å². The van der Waals surface area contributed by atoms with Crippen LogP contribution in [0.3, 0.4) is 0 Å². The van der Waals surface area contributed by atoms with Gasteiger partial charge >= 0.3 is 0 Å². The summed E-state index contributed by atoms with van der Waals surface area (Å²) in [5, 5.41) is 20.9. The summed E-state index contributed by atoms with van der Waals surface area (Å²) in [6.45, 7) is 10.7. The van der Waals surface area contributed by atoms with Crippen LogP contribution in [0.4, 0.5) is 0 Å². The zero-order valence-corrected chi connectivity index (χ0v) is 14.2. The van der Waals surface area contributed by atoms with Crippen molar-refractivity contribution in [2.45, 2.75) is 32.4 Å². The van der Waals surface area contributed by atoms with Crippen LogP contribution in [0.1, 0.15) is 20.8 Å². The second-order valence-corrected chi connectivity index (χ2v) is 5.93. The van der Waals surface area contributed by atoms with Gasteiger partial charge in [0.1, 0.15) is 6.10 Å². The van der Waals surface area contributed by atoms with Crippen molar-refractivity contribution in [1.29, 1.82) is 0 Å². The van der Waals surface area contributed by atoms with Gasteiger partial charge in [-0.2, -0.15) is 0 Å². The van der Waals surface area contributed by atoms with Crippen LogP contribution in [0.15, 0.2) is 0 Å². The van der Waals surface area contributed by atoms with Crippen molar-refractivity contribution in [3.05, 3.63) is 0 Å². The van der Waals surface area contributed by atoms with Gasteiger partial charge in [-0.05, 0) is 20.8 Å². The third kappa shape index (κ3) is 17.8. The van der Waals surface area contributed by atoms with Crippen LogP contribution < -0.4 is 5.32 Å². The van der Waals surface area contributed by atoms with E-state index in [9.17, 15) is 0 Å². The van der Waals surface area contributed by atoms with Gasteiger partial charge < -0.3 is 34.5 Å². The van der Waals surface area contributed by atoms with Crippen LogP contribution in [0.2, 0.25) is 0 Å². The summed E-state index contributed by atoms with van der Waals surface area (Å²) in [5.74, 6) is 0. The summed E-state index contributed by atoms with van der Waals surface area (Å²) in [6.07, 6.45) is -0.818. The molecule has 0 aliphatic carbocycles. The molecule has 1 unspecified atom stereocenters. The highest BCUT2D eigenvalue weighted by Crippen LogP contribution is 1.96. The Kier molecular flexibility index (Phi) is 14.1. The highest BCUT2D eigenvalue weighted by molar-refractivity contribution is 4.69. The van der Waals surface area contributed by atoms with Crippen molar-refractivity contribution in [3.8, 4) is 0 Å². The first-order valence-corrected chi connectivity index (χ1v) is 7.80. The zero-order chi connectivity index (χ0) is 16.7. The highest BCUT2D eigenvalue weighted by Gasteiger charge is 2.06. The molecule has 0 fully saturated rings. The number of hydrogen-bond donors (Lipinski definition) is 3.